The Morgan fingerprint density at radius 3 is 2.48 bits per heavy atom. The summed E-state index contributed by atoms with van der Waals surface area (Å²) < 4.78 is 53.5. The van der Waals surface area contributed by atoms with Crippen molar-refractivity contribution in [3.63, 3.8) is 0 Å². The van der Waals surface area contributed by atoms with Gasteiger partial charge in [-0.1, -0.05) is 18.2 Å². The van der Waals surface area contributed by atoms with Crippen LogP contribution in [0.3, 0.4) is 0 Å². The highest BCUT2D eigenvalue weighted by atomic mass is 19.4. The summed E-state index contributed by atoms with van der Waals surface area (Å²) >= 11 is 0. The predicted molar refractivity (Wildman–Crippen MR) is 90.9 cm³/mol. The molecule has 27 heavy (non-hydrogen) atoms. The Balaban J connectivity index is 1.74. The van der Waals surface area contributed by atoms with Gasteiger partial charge in [-0.3, -0.25) is 0 Å². The van der Waals surface area contributed by atoms with Crippen molar-refractivity contribution in [3.8, 4) is 11.3 Å². The summed E-state index contributed by atoms with van der Waals surface area (Å²) in [5, 5.41) is 15.1. The fourth-order valence-corrected chi connectivity index (χ4v) is 2.57. The molecule has 0 aliphatic carbocycles. The number of aromatic nitrogens is 4. The van der Waals surface area contributed by atoms with Crippen LogP contribution >= 0.6 is 0 Å². The van der Waals surface area contributed by atoms with Gasteiger partial charge >= 0.3 is 6.18 Å². The highest BCUT2D eigenvalue weighted by Crippen LogP contribution is 2.31. The molecule has 5 nitrogen and oxygen atoms in total. The first-order chi connectivity index (χ1) is 12.9. The summed E-state index contributed by atoms with van der Waals surface area (Å²) in [5.41, 5.74) is 0.691. The zero-order valence-corrected chi connectivity index (χ0v) is 13.6. The molecule has 0 spiro atoms. The summed E-state index contributed by atoms with van der Waals surface area (Å²) in [6.07, 6.45) is -4.44. The molecular formula is C18H11F4N5. The van der Waals surface area contributed by atoms with Crippen LogP contribution in [0.5, 0.6) is 0 Å². The molecule has 0 amide bonds. The molecule has 0 saturated carbocycles. The Morgan fingerprint density at radius 1 is 0.889 bits per heavy atom. The summed E-state index contributed by atoms with van der Waals surface area (Å²) in [5.74, 6) is -0.212. The Labute approximate surface area is 150 Å². The third-order valence-corrected chi connectivity index (χ3v) is 3.83. The number of rotatable bonds is 3. The predicted octanol–water partition coefficient (Wildman–Crippen LogP) is 4.69. The van der Waals surface area contributed by atoms with Crippen LogP contribution in [0.1, 0.15) is 5.56 Å². The highest BCUT2D eigenvalue weighted by Gasteiger charge is 2.30. The highest BCUT2D eigenvalue weighted by molar-refractivity contribution is 5.63. The monoisotopic (exact) mass is 373 g/mol. The Morgan fingerprint density at radius 2 is 1.70 bits per heavy atom. The van der Waals surface area contributed by atoms with E-state index in [0.717, 1.165) is 12.1 Å². The second-order valence-corrected chi connectivity index (χ2v) is 5.73. The first-order valence-electron chi connectivity index (χ1n) is 7.83. The van der Waals surface area contributed by atoms with Gasteiger partial charge in [0.15, 0.2) is 5.65 Å². The molecular weight excluding hydrogens is 362 g/mol. The van der Waals surface area contributed by atoms with Crippen molar-refractivity contribution in [2.45, 2.75) is 6.18 Å². The minimum Gasteiger partial charge on any atom is -0.323 e. The molecule has 0 saturated heterocycles. The summed E-state index contributed by atoms with van der Waals surface area (Å²) in [6, 6.07) is 13.8. The molecule has 0 atom stereocenters. The molecule has 2 aromatic carbocycles. The minimum atomic E-state index is -4.44. The van der Waals surface area contributed by atoms with Crippen molar-refractivity contribution >= 4 is 17.3 Å². The second kappa shape index (κ2) is 6.35. The maximum absolute atomic E-state index is 13.3. The van der Waals surface area contributed by atoms with Crippen LogP contribution < -0.4 is 5.32 Å². The number of halogens is 4. The second-order valence-electron chi connectivity index (χ2n) is 5.73. The third-order valence-electron chi connectivity index (χ3n) is 3.83. The topological polar surface area (TPSA) is 55.1 Å². The average Bonchev–Trinajstić information content (AvgIpc) is 3.03. The van der Waals surface area contributed by atoms with E-state index in [1.807, 2.05) is 0 Å². The van der Waals surface area contributed by atoms with E-state index in [0.29, 0.717) is 22.6 Å². The quantitative estimate of drug-likeness (QED) is 0.529. The van der Waals surface area contributed by atoms with Gasteiger partial charge in [-0.15, -0.1) is 10.2 Å². The number of hydrogen-bond acceptors (Lipinski definition) is 4. The van der Waals surface area contributed by atoms with Gasteiger partial charge in [-0.25, -0.2) is 4.39 Å². The zero-order valence-electron chi connectivity index (χ0n) is 13.6. The maximum Gasteiger partial charge on any atom is 0.416 e. The Hall–Kier alpha value is -3.49. The van der Waals surface area contributed by atoms with Gasteiger partial charge in [-0.05, 0) is 42.5 Å². The maximum atomic E-state index is 13.3. The number of benzene rings is 2. The lowest BCUT2D eigenvalue weighted by atomic mass is 10.1. The van der Waals surface area contributed by atoms with E-state index in [4.69, 9.17) is 0 Å². The molecule has 4 aromatic rings. The lowest BCUT2D eigenvalue weighted by Crippen LogP contribution is -2.05. The number of nitrogens with one attached hydrogen (secondary N) is 1. The van der Waals surface area contributed by atoms with Gasteiger partial charge in [0.2, 0.25) is 5.95 Å². The molecule has 0 bridgehead atoms. The van der Waals surface area contributed by atoms with E-state index in [9.17, 15) is 17.6 Å². The van der Waals surface area contributed by atoms with E-state index < -0.39 is 17.6 Å². The lowest BCUT2D eigenvalue weighted by molar-refractivity contribution is -0.137. The normalized spacial score (nSPS) is 11.7. The number of nitrogens with zero attached hydrogens (tertiary/aromatic N) is 4. The van der Waals surface area contributed by atoms with Gasteiger partial charge in [0, 0.05) is 11.3 Å². The number of fused-ring (bicyclic) bond motifs is 1. The molecule has 136 valence electrons. The van der Waals surface area contributed by atoms with Crippen molar-refractivity contribution in [3.05, 3.63) is 72.0 Å². The summed E-state index contributed by atoms with van der Waals surface area (Å²) in [6.45, 7) is 0. The molecule has 2 aromatic heterocycles. The van der Waals surface area contributed by atoms with Crippen LogP contribution in [0.25, 0.3) is 16.9 Å². The molecule has 0 fully saturated rings. The Bertz CT molecular complexity index is 1120. The van der Waals surface area contributed by atoms with Gasteiger partial charge in [0.1, 0.15) is 5.82 Å². The molecule has 1 N–H and O–H groups in total. The largest absolute Gasteiger partial charge is 0.416 e. The van der Waals surface area contributed by atoms with E-state index in [1.165, 1.54) is 34.8 Å². The molecule has 2 heterocycles. The fourth-order valence-electron chi connectivity index (χ4n) is 2.57. The number of anilines is 2. The molecule has 0 radical (unpaired) electrons. The number of hydrogen-bond donors (Lipinski definition) is 1. The van der Waals surface area contributed by atoms with Gasteiger partial charge in [-0.2, -0.15) is 22.8 Å². The molecule has 9 heteroatoms. The summed E-state index contributed by atoms with van der Waals surface area (Å²) in [7, 11) is 0. The molecule has 0 aliphatic rings. The van der Waals surface area contributed by atoms with Crippen LogP contribution in [0.15, 0.2) is 60.7 Å². The molecule has 0 unspecified atom stereocenters. The average molecular weight is 373 g/mol. The smallest absolute Gasteiger partial charge is 0.323 e. The minimum absolute atomic E-state index is 0.212. The van der Waals surface area contributed by atoms with E-state index in [1.54, 1.807) is 18.2 Å². The summed E-state index contributed by atoms with van der Waals surface area (Å²) in [4.78, 5) is 0. The van der Waals surface area contributed by atoms with Crippen molar-refractivity contribution < 1.29 is 17.6 Å². The first-order valence-corrected chi connectivity index (χ1v) is 7.83. The molecule has 4 rings (SSSR count). The third kappa shape index (κ3) is 3.43. The van der Waals surface area contributed by atoms with Gasteiger partial charge < -0.3 is 5.32 Å². The number of alkyl halides is 3. The van der Waals surface area contributed by atoms with Crippen molar-refractivity contribution in [2.75, 3.05) is 5.32 Å². The lowest BCUT2D eigenvalue weighted by Gasteiger charge is -2.09. The van der Waals surface area contributed by atoms with Crippen molar-refractivity contribution in [1.29, 1.82) is 0 Å². The van der Waals surface area contributed by atoms with Crippen LogP contribution in [-0.4, -0.2) is 19.8 Å². The van der Waals surface area contributed by atoms with Gasteiger partial charge in [0.05, 0.1) is 11.3 Å². The van der Waals surface area contributed by atoms with Crippen LogP contribution in [-0.2, 0) is 6.18 Å². The van der Waals surface area contributed by atoms with Gasteiger partial charge in [0.25, 0.3) is 0 Å². The van der Waals surface area contributed by atoms with Crippen LogP contribution in [0.2, 0.25) is 0 Å². The van der Waals surface area contributed by atoms with E-state index in [-0.39, 0.29) is 5.95 Å². The zero-order chi connectivity index (χ0) is 19.0. The van der Waals surface area contributed by atoms with Crippen LogP contribution in [0, 0.1) is 5.82 Å². The SMILES string of the molecule is Fc1cccc(Nc2nnc3ccc(-c4cccc(C(F)(F)F)c4)nn23)c1. The van der Waals surface area contributed by atoms with Crippen molar-refractivity contribution in [1.82, 2.24) is 19.8 Å². The van der Waals surface area contributed by atoms with E-state index >= 15 is 0 Å². The van der Waals surface area contributed by atoms with E-state index in [2.05, 4.69) is 20.6 Å². The molecule has 0 aliphatic heterocycles. The fraction of sp³-hybridized carbons (Fsp3) is 0.0556. The first kappa shape index (κ1) is 17.0. The van der Waals surface area contributed by atoms with Crippen LogP contribution in [0.4, 0.5) is 29.2 Å². The van der Waals surface area contributed by atoms with Crippen molar-refractivity contribution in [2.24, 2.45) is 0 Å². The standard InChI is InChI=1S/C18H11F4N5/c19-13-5-2-6-14(10-13)23-17-25-24-16-8-7-15(26-27(16)17)11-3-1-4-12(9-11)18(20,21)22/h1-10H,(H,23,25). The Kier molecular flexibility index (Phi) is 3.98.